The Bertz CT molecular complexity index is 1060. The van der Waals surface area contributed by atoms with Gasteiger partial charge in [-0.2, -0.15) is 0 Å². The molecule has 148 valence electrons. The highest BCUT2D eigenvalue weighted by atomic mass is 79.9. The molecule has 0 bridgehead atoms. The van der Waals surface area contributed by atoms with Crippen LogP contribution in [0.2, 0.25) is 5.02 Å². The zero-order valence-electron chi connectivity index (χ0n) is 15.9. The summed E-state index contributed by atoms with van der Waals surface area (Å²) in [6, 6.07) is 15.3. The first-order chi connectivity index (χ1) is 14.0. The number of benzene rings is 2. The van der Waals surface area contributed by atoms with E-state index >= 15 is 0 Å². The standard InChI is InChI=1S/C22H18BrClN2O2S/c1-3-28-21(27)19-13(2)25-22-26(20(19)15-5-4-6-16(23)11-15)18(12-29-22)14-7-9-17(24)10-8-14/h4-12,20H,3H2,1-2H3/t20-/m0/s1. The van der Waals surface area contributed by atoms with Crippen molar-refractivity contribution < 1.29 is 9.53 Å². The first-order valence-electron chi connectivity index (χ1n) is 9.13. The summed E-state index contributed by atoms with van der Waals surface area (Å²) in [6.45, 7) is 3.98. The summed E-state index contributed by atoms with van der Waals surface area (Å²) in [5.74, 6) is -0.342. The average molecular weight is 490 g/mol. The van der Waals surface area contributed by atoms with Crippen molar-refractivity contribution in [2.45, 2.75) is 19.9 Å². The third kappa shape index (κ3) is 3.89. The van der Waals surface area contributed by atoms with Crippen molar-refractivity contribution in [3.05, 3.63) is 85.8 Å². The van der Waals surface area contributed by atoms with E-state index in [2.05, 4.69) is 26.2 Å². The van der Waals surface area contributed by atoms with Crippen molar-refractivity contribution in [3.8, 4) is 0 Å². The molecule has 0 amide bonds. The SMILES string of the molecule is CCOC(=O)C1=C(C)N=C2SC=C(c3ccc(Cl)cc3)N2[C@H]1c1cccc(Br)c1. The highest BCUT2D eigenvalue weighted by molar-refractivity contribution is 9.10. The van der Waals surface area contributed by atoms with E-state index in [1.54, 1.807) is 11.8 Å². The second-order valence-corrected chi connectivity index (χ2v) is 8.76. The first-order valence-corrected chi connectivity index (χ1v) is 11.2. The molecule has 0 aromatic heterocycles. The number of fused-ring (bicyclic) bond motifs is 1. The number of ether oxygens (including phenoxy) is 1. The Balaban J connectivity index is 1.86. The number of halogens is 2. The van der Waals surface area contributed by atoms with E-state index in [0.29, 0.717) is 22.9 Å². The summed E-state index contributed by atoms with van der Waals surface area (Å²) < 4.78 is 6.34. The molecule has 2 aliphatic rings. The molecule has 2 aromatic rings. The fraction of sp³-hybridized carbons (Fsp3) is 0.182. The number of rotatable bonds is 4. The Morgan fingerprint density at radius 3 is 2.72 bits per heavy atom. The molecule has 7 heteroatoms. The van der Waals surface area contributed by atoms with Crippen LogP contribution in [0.5, 0.6) is 0 Å². The summed E-state index contributed by atoms with van der Waals surface area (Å²) in [7, 11) is 0. The van der Waals surface area contributed by atoms with E-state index < -0.39 is 0 Å². The van der Waals surface area contributed by atoms with Gasteiger partial charge in [-0.3, -0.25) is 0 Å². The predicted octanol–water partition coefficient (Wildman–Crippen LogP) is 6.40. The molecule has 0 saturated carbocycles. The molecule has 0 fully saturated rings. The third-order valence-corrected chi connectivity index (χ3v) is 6.31. The molecule has 0 unspecified atom stereocenters. The van der Waals surface area contributed by atoms with E-state index in [1.165, 1.54) is 0 Å². The van der Waals surface area contributed by atoms with Gasteiger partial charge in [0, 0.05) is 14.9 Å². The summed E-state index contributed by atoms with van der Waals surface area (Å²) in [4.78, 5) is 19.7. The molecule has 2 heterocycles. The van der Waals surface area contributed by atoms with Gasteiger partial charge in [0.15, 0.2) is 5.17 Å². The van der Waals surface area contributed by atoms with Gasteiger partial charge in [-0.15, -0.1) is 0 Å². The number of hydrogen-bond donors (Lipinski definition) is 0. The van der Waals surface area contributed by atoms with Crippen molar-refractivity contribution in [1.29, 1.82) is 0 Å². The Kier molecular flexibility index (Phi) is 5.86. The highest BCUT2D eigenvalue weighted by Gasteiger charge is 2.41. The predicted molar refractivity (Wildman–Crippen MR) is 123 cm³/mol. The molecule has 0 aliphatic carbocycles. The molecular weight excluding hydrogens is 472 g/mol. The van der Waals surface area contributed by atoms with Gasteiger partial charge >= 0.3 is 5.97 Å². The van der Waals surface area contributed by atoms with Crippen molar-refractivity contribution in [2.24, 2.45) is 4.99 Å². The number of amidine groups is 1. The van der Waals surface area contributed by atoms with Gasteiger partial charge in [0.25, 0.3) is 0 Å². The summed E-state index contributed by atoms with van der Waals surface area (Å²) in [6.07, 6.45) is 0. The third-order valence-electron chi connectivity index (χ3n) is 4.73. The van der Waals surface area contributed by atoms with Gasteiger partial charge in [0.1, 0.15) is 0 Å². The van der Waals surface area contributed by atoms with Gasteiger partial charge in [-0.25, -0.2) is 9.79 Å². The lowest BCUT2D eigenvalue weighted by Crippen LogP contribution is -2.36. The monoisotopic (exact) mass is 488 g/mol. The maximum Gasteiger partial charge on any atom is 0.338 e. The molecule has 1 atom stereocenters. The average Bonchev–Trinajstić information content (AvgIpc) is 3.11. The summed E-state index contributed by atoms with van der Waals surface area (Å²) >= 11 is 11.2. The molecular formula is C22H18BrClN2O2S. The molecule has 0 spiro atoms. The Morgan fingerprint density at radius 1 is 1.28 bits per heavy atom. The van der Waals surface area contributed by atoms with E-state index in [9.17, 15) is 4.79 Å². The molecule has 0 N–H and O–H groups in total. The van der Waals surface area contributed by atoms with Crippen LogP contribution in [-0.2, 0) is 9.53 Å². The molecule has 0 saturated heterocycles. The van der Waals surface area contributed by atoms with Crippen LogP contribution in [0.3, 0.4) is 0 Å². The van der Waals surface area contributed by atoms with Crippen LogP contribution in [0.1, 0.15) is 31.0 Å². The maximum absolute atomic E-state index is 12.9. The Labute approximate surface area is 187 Å². The quantitative estimate of drug-likeness (QED) is 0.466. The minimum Gasteiger partial charge on any atom is -0.463 e. The fourth-order valence-electron chi connectivity index (χ4n) is 3.47. The number of thioether (sulfide) groups is 1. The normalized spacial score (nSPS) is 18.3. The molecule has 2 aliphatic heterocycles. The zero-order chi connectivity index (χ0) is 20.5. The van der Waals surface area contributed by atoms with Gasteiger partial charge in [-0.1, -0.05) is 63.6 Å². The number of nitrogens with zero attached hydrogens (tertiary/aromatic N) is 2. The Hall–Kier alpha value is -2.02. The lowest BCUT2D eigenvalue weighted by molar-refractivity contribution is -0.139. The molecule has 0 radical (unpaired) electrons. The van der Waals surface area contributed by atoms with Crippen LogP contribution in [0.15, 0.2) is 74.7 Å². The minimum atomic E-state index is -0.342. The minimum absolute atomic E-state index is 0.312. The number of allylic oxidation sites excluding steroid dienone is 1. The van der Waals surface area contributed by atoms with Crippen LogP contribution >= 0.6 is 39.3 Å². The Morgan fingerprint density at radius 2 is 2.03 bits per heavy atom. The van der Waals surface area contributed by atoms with Gasteiger partial charge in [-0.05, 0) is 49.2 Å². The number of aliphatic imine (C=N–C) groups is 1. The number of hydrogen-bond acceptors (Lipinski definition) is 5. The number of carbonyl (C=O) groups excluding carboxylic acids is 1. The van der Waals surface area contributed by atoms with Gasteiger partial charge in [0.2, 0.25) is 0 Å². The van der Waals surface area contributed by atoms with Crippen LogP contribution in [-0.4, -0.2) is 22.6 Å². The summed E-state index contributed by atoms with van der Waals surface area (Å²) in [5, 5.41) is 3.58. The van der Waals surface area contributed by atoms with E-state index in [1.807, 2.05) is 62.4 Å². The van der Waals surface area contributed by atoms with Crippen LogP contribution in [0.4, 0.5) is 0 Å². The van der Waals surface area contributed by atoms with Crippen LogP contribution in [0.25, 0.3) is 5.70 Å². The van der Waals surface area contributed by atoms with Gasteiger partial charge < -0.3 is 9.64 Å². The van der Waals surface area contributed by atoms with Crippen LogP contribution in [0, 0.1) is 0 Å². The highest BCUT2D eigenvalue weighted by Crippen LogP contribution is 2.47. The molecule has 2 aromatic carbocycles. The summed E-state index contributed by atoms with van der Waals surface area (Å²) in [5.41, 5.74) is 4.20. The van der Waals surface area contributed by atoms with Crippen molar-refractivity contribution in [3.63, 3.8) is 0 Å². The van der Waals surface area contributed by atoms with Crippen molar-refractivity contribution in [1.82, 2.24) is 4.90 Å². The second-order valence-electron chi connectivity index (χ2n) is 6.57. The smallest absolute Gasteiger partial charge is 0.338 e. The molecule has 29 heavy (non-hydrogen) atoms. The molecule has 4 rings (SSSR count). The molecule has 4 nitrogen and oxygen atoms in total. The fourth-order valence-corrected chi connectivity index (χ4v) is 4.99. The maximum atomic E-state index is 12.9. The number of carbonyl (C=O) groups is 1. The van der Waals surface area contributed by atoms with Crippen molar-refractivity contribution in [2.75, 3.05) is 6.61 Å². The topological polar surface area (TPSA) is 41.9 Å². The van der Waals surface area contributed by atoms with E-state index in [0.717, 1.165) is 26.5 Å². The lowest BCUT2D eigenvalue weighted by atomic mass is 9.93. The van der Waals surface area contributed by atoms with E-state index in [-0.39, 0.29) is 12.0 Å². The first kappa shape index (κ1) is 20.3. The zero-order valence-corrected chi connectivity index (χ0v) is 19.0. The second kappa shape index (κ2) is 8.38. The van der Waals surface area contributed by atoms with E-state index in [4.69, 9.17) is 21.3 Å². The lowest BCUT2D eigenvalue weighted by Gasteiger charge is -2.36. The van der Waals surface area contributed by atoms with Crippen LogP contribution < -0.4 is 0 Å². The van der Waals surface area contributed by atoms with Crippen molar-refractivity contribution >= 4 is 56.1 Å². The van der Waals surface area contributed by atoms with Gasteiger partial charge in [0.05, 0.1) is 29.6 Å². The largest absolute Gasteiger partial charge is 0.463 e. The number of esters is 1.